The number of carbonyl (C=O) groups excluding carboxylic acids is 1. The molecular formula is C15H17N3O3. The third-order valence-corrected chi connectivity index (χ3v) is 3.38. The highest BCUT2D eigenvalue weighted by Gasteiger charge is 2.23. The van der Waals surface area contributed by atoms with E-state index < -0.39 is 0 Å². The lowest BCUT2D eigenvalue weighted by atomic mass is 10.1. The first-order chi connectivity index (χ1) is 10.3. The molecule has 0 radical (unpaired) electrons. The molecular weight excluding hydrogens is 270 g/mol. The van der Waals surface area contributed by atoms with Crippen molar-refractivity contribution in [3.8, 4) is 0 Å². The van der Waals surface area contributed by atoms with Crippen LogP contribution in [0.4, 0.5) is 6.01 Å². The molecule has 110 valence electrons. The maximum atomic E-state index is 11.8. The molecule has 1 aromatic carbocycles. The van der Waals surface area contributed by atoms with E-state index in [1.54, 1.807) is 0 Å². The molecule has 1 amide bonds. The summed E-state index contributed by atoms with van der Waals surface area (Å²) in [6.45, 7) is 0.714. The standard InChI is InChI=1S/C15H17N3O3/c19-13(9-8-11-5-2-1-3-6-11)16-15-18-17-14(21-15)12-7-4-10-20-12/h1-3,5-6,12H,4,7-10H2,(H,16,18,19). The van der Waals surface area contributed by atoms with Crippen LogP contribution in [-0.4, -0.2) is 22.7 Å². The highest BCUT2D eigenvalue weighted by molar-refractivity contribution is 5.88. The van der Waals surface area contributed by atoms with E-state index in [1.807, 2.05) is 30.3 Å². The minimum atomic E-state index is -0.138. The van der Waals surface area contributed by atoms with Gasteiger partial charge in [0.2, 0.25) is 11.8 Å². The van der Waals surface area contributed by atoms with Gasteiger partial charge in [0.15, 0.2) is 0 Å². The van der Waals surface area contributed by atoms with Crippen molar-refractivity contribution in [3.05, 3.63) is 41.8 Å². The molecule has 6 heteroatoms. The number of aromatic nitrogens is 2. The normalized spacial score (nSPS) is 17.8. The van der Waals surface area contributed by atoms with E-state index >= 15 is 0 Å². The molecule has 1 aliphatic rings. The number of rotatable bonds is 5. The van der Waals surface area contributed by atoms with Gasteiger partial charge in [-0.15, -0.1) is 5.10 Å². The van der Waals surface area contributed by atoms with Gasteiger partial charge in [-0.2, -0.15) is 0 Å². The Kier molecular flexibility index (Phi) is 4.25. The number of ether oxygens (including phenoxy) is 1. The maximum Gasteiger partial charge on any atom is 0.322 e. The zero-order valence-corrected chi connectivity index (χ0v) is 11.6. The van der Waals surface area contributed by atoms with Gasteiger partial charge in [0.05, 0.1) is 0 Å². The van der Waals surface area contributed by atoms with Crippen LogP contribution in [0.2, 0.25) is 0 Å². The third-order valence-electron chi connectivity index (χ3n) is 3.38. The number of nitrogens with one attached hydrogen (secondary N) is 1. The average molecular weight is 287 g/mol. The summed E-state index contributed by atoms with van der Waals surface area (Å²) in [5, 5.41) is 10.4. The number of anilines is 1. The smallest absolute Gasteiger partial charge is 0.322 e. The second kappa shape index (κ2) is 6.49. The molecule has 3 rings (SSSR count). The van der Waals surface area contributed by atoms with E-state index in [0.717, 1.165) is 18.4 Å². The van der Waals surface area contributed by atoms with Crippen molar-refractivity contribution in [2.45, 2.75) is 31.8 Å². The number of aryl methyl sites for hydroxylation is 1. The Labute approximate surface area is 122 Å². The largest absolute Gasteiger partial charge is 0.405 e. The molecule has 6 nitrogen and oxygen atoms in total. The van der Waals surface area contributed by atoms with Gasteiger partial charge in [0.25, 0.3) is 0 Å². The van der Waals surface area contributed by atoms with Crippen molar-refractivity contribution in [2.75, 3.05) is 11.9 Å². The molecule has 1 fully saturated rings. The molecule has 1 unspecified atom stereocenters. The lowest BCUT2D eigenvalue weighted by Crippen LogP contribution is -2.12. The fourth-order valence-corrected chi connectivity index (χ4v) is 2.27. The first kappa shape index (κ1) is 13.8. The number of carbonyl (C=O) groups is 1. The van der Waals surface area contributed by atoms with Crippen molar-refractivity contribution >= 4 is 11.9 Å². The second-order valence-corrected chi connectivity index (χ2v) is 4.98. The van der Waals surface area contributed by atoms with Crippen LogP contribution >= 0.6 is 0 Å². The quantitative estimate of drug-likeness (QED) is 0.914. The highest BCUT2D eigenvalue weighted by atomic mass is 16.5. The minimum absolute atomic E-state index is 0.132. The Balaban J connectivity index is 1.50. The Morgan fingerprint density at radius 3 is 2.90 bits per heavy atom. The van der Waals surface area contributed by atoms with Crippen molar-refractivity contribution in [2.24, 2.45) is 0 Å². The van der Waals surface area contributed by atoms with Crippen LogP contribution in [-0.2, 0) is 16.0 Å². The number of hydrogen-bond acceptors (Lipinski definition) is 5. The summed E-state index contributed by atoms with van der Waals surface area (Å²) in [5.41, 5.74) is 1.12. The van der Waals surface area contributed by atoms with Gasteiger partial charge in [-0.3, -0.25) is 10.1 Å². The summed E-state index contributed by atoms with van der Waals surface area (Å²) in [6.07, 6.45) is 2.80. The summed E-state index contributed by atoms with van der Waals surface area (Å²) in [7, 11) is 0. The first-order valence-corrected chi connectivity index (χ1v) is 7.10. The molecule has 0 spiro atoms. The fourth-order valence-electron chi connectivity index (χ4n) is 2.27. The molecule has 0 aliphatic carbocycles. The molecule has 1 aliphatic heterocycles. The molecule has 2 aromatic rings. The Bertz CT molecular complexity index is 591. The van der Waals surface area contributed by atoms with Gasteiger partial charge in [-0.1, -0.05) is 35.4 Å². The average Bonchev–Trinajstić information content (AvgIpc) is 3.17. The topological polar surface area (TPSA) is 77.2 Å². The van der Waals surface area contributed by atoms with E-state index in [9.17, 15) is 4.79 Å². The summed E-state index contributed by atoms with van der Waals surface area (Å²) in [5.74, 6) is 0.298. The fraction of sp³-hybridized carbons (Fsp3) is 0.400. The van der Waals surface area contributed by atoms with E-state index in [0.29, 0.717) is 25.3 Å². The summed E-state index contributed by atoms with van der Waals surface area (Å²) in [4.78, 5) is 11.8. The van der Waals surface area contributed by atoms with Gasteiger partial charge in [0.1, 0.15) is 6.10 Å². The van der Waals surface area contributed by atoms with Crippen LogP contribution in [0.5, 0.6) is 0 Å². The predicted octanol–water partition coefficient (Wildman–Crippen LogP) is 2.49. The van der Waals surface area contributed by atoms with Crippen molar-refractivity contribution in [1.29, 1.82) is 0 Å². The summed E-state index contributed by atoms with van der Waals surface area (Å²) < 4.78 is 10.9. The molecule has 0 bridgehead atoms. The molecule has 1 N–H and O–H groups in total. The lowest BCUT2D eigenvalue weighted by Gasteiger charge is -2.02. The first-order valence-electron chi connectivity index (χ1n) is 7.10. The van der Waals surface area contributed by atoms with Crippen molar-refractivity contribution in [3.63, 3.8) is 0 Å². The zero-order chi connectivity index (χ0) is 14.5. The van der Waals surface area contributed by atoms with Crippen LogP contribution in [0.25, 0.3) is 0 Å². The lowest BCUT2D eigenvalue weighted by molar-refractivity contribution is -0.116. The highest BCUT2D eigenvalue weighted by Crippen LogP contribution is 2.28. The maximum absolute atomic E-state index is 11.8. The van der Waals surface area contributed by atoms with Crippen LogP contribution in [0.3, 0.4) is 0 Å². The van der Waals surface area contributed by atoms with Gasteiger partial charge in [-0.05, 0) is 24.8 Å². The predicted molar refractivity (Wildman–Crippen MR) is 75.6 cm³/mol. The van der Waals surface area contributed by atoms with E-state index in [-0.39, 0.29) is 18.0 Å². The monoisotopic (exact) mass is 287 g/mol. The van der Waals surface area contributed by atoms with Gasteiger partial charge >= 0.3 is 6.01 Å². The summed E-state index contributed by atoms with van der Waals surface area (Å²) >= 11 is 0. The molecule has 1 saturated heterocycles. The van der Waals surface area contributed by atoms with E-state index in [4.69, 9.17) is 9.15 Å². The van der Waals surface area contributed by atoms with Crippen molar-refractivity contribution < 1.29 is 13.9 Å². The van der Waals surface area contributed by atoms with Crippen LogP contribution < -0.4 is 5.32 Å². The number of benzene rings is 1. The minimum Gasteiger partial charge on any atom is -0.405 e. The van der Waals surface area contributed by atoms with Crippen LogP contribution in [0.15, 0.2) is 34.7 Å². The molecule has 0 saturated carbocycles. The Morgan fingerprint density at radius 1 is 1.29 bits per heavy atom. The zero-order valence-electron chi connectivity index (χ0n) is 11.6. The molecule has 21 heavy (non-hydrogen) atoms. The number of amides is 1. The SMILES string of the molecule is O=C(CCc1ccccc1)Nc1nnc(C2CCCO2)o1. The molecule has 1 aromatic heterocycles. The third kappa shape index (κ3) is 3.66. The van der Waals surface area contributed by atoms with Gasteiger partial charge in [0, 0.05) is 13.0 Å². The summed E-state index contributed by atoms with van der Waals surface area (Å²) in [6, 6.07) is 10.00. The second-order valence-electron chi connectivity index (χ2n) is 4.98. The molecule has 2 heterocycles. The number of hydrogen-bond donors (Lipinski definition) is 1. The van der Waals surface area contributed by atoms with Crippen LogP contribution in [0, 0.1) is 0 Å². The van der Waals surface area contributed by atoms with Gasteiger partial charge in [-0.25, -0.2) is 0 Å². The Morgan fingerprint density at radius 2 is 2.14 bits per heavy atom. The van der Waals surface area contributed by atoms with Crippen LogP contribution in [0.1, 0.15) is 36.8 Å². The molecule has 1 atom stereocenters. The van der Waals surface area contributed by atoms with E-state index in [2.05, 4.69) is 15.5 Å². The van der Waals surface area contributed by atoms with Crippen molar-refractivity contribution in [1.82, 2.24) is 10.2 Å². The van der Waals surface area contributed by atoms with E-state index in [1.165, 1.54) is 0 Å². The number of nitrogens with zero attached hydrogens (tertiary/aromatic N) is 2. The van der Waals surface area contributed by atoms with Gasteiger partial charge < -0.3 is 9.15 Å². The Hall–Kier alpha value is -2.21.